The highest BCUT2D eigenvalue weighted by atomic mass is 35.5. The minimum absolute atomic E-state index is 0.0161. The number of aliphatic hydroxyl groups is 1. The topological polar surface area (TPSA) is 386 Å². The first-order valence-corrected chi connectivity index (χ1v) is 38.8. The van der Waals surface area contributed by atoms with Gasteiger partial charge in [0.15, 0.2) is 28.9 Å². The lowest BCUT2D eigenvalue weighted by atomic mass is 9.76. The number of rotatable bonds is 31. The summed E-state index contributed by atoms with van der Waals surface area (Å²) in [6.07, 6.45) is 1.81. The minimum Gasteiger partial charge on any atom is -0.506 e. The molecule has 5 amide bonds. The largest absolute Gasteiger partial charge is 0.506 e. The molecule has 25 nitrogen and oxygen atoms in total. The molecule has 2 aromatic heterocycles. The number of amides is 5. The number of benzene rings is 2. The maximum Gasteiger partial charge on any atom is 0.305 e. The number of aromatic hydroxyl groups is 1. The number of carbonyl (C=O) groups is 12. The van der Waals surface area contributed by atoms with Crippen LogP contribution in [0.3, 0.4) is 0 Å². The van der Waals surface area contributed by atoms with Crippen molar-refractivity contribution in [2.45, 2.75) is 221 Å². The van der Waals surface area contributed by atoms with Crippen LogP contribution in [0, 0.1) is 52.8 Å². The number of H-pyrrole nitrogens is 2. The molecule has 0 spiro atoms. The van der Waals surface area contributed by atoms with Gasteiger partial charge in [0.25, 0.3) is 0 Å². The van der Waals surface area contributed by atoms with Gasteiger partial charge in [-0.1, -0.05) is 138 Å². The van der Waals surface area contributed by atoms with E-state index < -0.39 is 174 Å². The zero-order chi connectivity index (χ0) is 76.9. The summed E-state index contributed by atoms with van der Waals surface area (Å²) < 4.78 is 0. The van der Waals surface area contributed by atoms with Crippen molar-refractivity contribution in [3.63, 3.8) is 0 Å². The molecule has 2 aliphatic rings. The van der Waals surface area contributed by atoms with Crippen LogP contribution in [0.5, 0.6) is 5.75 Å². The molecule has 104 heavy (non-hydrogen) atoms. The second kappa shape index (κ2) is 39.7. The SMILES string of the molecule is CCC(C)[C@H](NC(=O)[C@@H](CC(=O)[C@@H]1CSSC[C@H](NC(=O)[C@H](CC(=O)[C@H](Cc2ccccc2)NC(C)(C)C)Cc2c[nH]cn2)C(=O)N2C[C@H](O)C[C@@H]2C(=O)C[C@@H](Cc2ccc(O)c(Cl)c2)C(=O)N[C@@H](CC(=O)O)C(=O)C[C@@H](CC(C)C)C(=O)N1)Cc1c[nH]cn1)C(=O)C[C@@H](CC(C)C)C(=O)C(C)(C)C. The van der Waals surface area contributed by atoms with Gasteiger partial charge in [0.05, 0.1) is 83.6 Å². The van der Waals surface area contributed by atoms with Gasteiger partial charge in [-0.15, -0.1) is 0 Å². The lowest BCUT2D eigenvalue weighted by molar-refractivity contribution is -0.142. The number of carboxylic acid groups (broad SMARTS) is 1. The van der Waals surface area contributed by atoms with Crippen LogP contribution >= 0.6 is 33.2 Å². The maximum absolute atomic E-state index is 15.6. The van der Waals surface area contributed by atoms with Gasteiger partial charge in [-0.05, 0) is 87.5 Å². The third-order valence-electron chi connectivity index (χ3n) is 18.9. The fourth-order valence-electron chi connectivity index (χ4n) is 13.4. The van der Waals surface area contributed by atoms with Crippen LogP contribution < -0.4 is 26.6 Å². The summed E-state index contributed by atoms with van der Waals surface area (Å²) in [6.45, 7) is 21.9. The van der Waals surface area contributed by atoms with Gasteiger partial charge in [-0.25, -0.2) is 9.97 Å². The number of fused-ring (bicyclic) bond motifs is 1. The molecule has 2 aliphatic heterocycles. The molecule has 10 N–H and O–H groups in total. The van der Waals surface area contributed by atoms with E-state index in [4.69, 9.17) is 11.6 Å². The number of carboxylic acids is 1. The molecule has 28 heteroatoms. The van der Waals surface area contributed by atoms with Crippen molar-refractivity contribution in [1.29, 1.82) is 0 Å². The fourth-order valence-corrected chi connectivity index (χ4v) is 16.0. The predicted octanol–water partition coefficient (Wildman–Crippen LogP) is 7.92. The van der Waals surface area contributed by atoms with Crippen LogP contribution in [0.1, 0.15) is 170 Å². The van der Waals surface area contributed by atoms with Crippen molar-refractivity contribution in [2.24, 2.45) is 52.8 Å². The fraction of sp³-hybridized carbons (Fsp3) is 0.605. The van der Waals surface area contributed by atoms with E-state index in [1.807, 2.05) is 78.8 Å². The third-order valence-corrected chi connectivity index (χ3v) is 21.6. The summed E-state index contributed by atoms with van der Waals surface area (Å²) >= 11 is 6.33. The first-order chi connectivity index (χ1) is 48.9. The predicted molar refractivity (Wildman–Crippen MR) is 398 cm³/mol. The minimum atomic E-state index is -1.78. The smallest absolute Gasteiger partial charge is 0.305 e. The van der Waals surface area contributed by atoms with E-state index in [1.54, 1.807) is 47.0 Å². The maximum atomic E-state index is 15.6. The number of nitrogens with zero attached hydrogens (tertiary/aromatic N) is 3. The number of aliphatic hydroxyl groups excluding tert-OH is 1. The zero-order valence-electron chi connectivity index (χ0n) is 61.9. The Kier molecular flexibility index (Phi) is 32.6. The van der Waals surface area contributed by atoms with Crippen LogP contribution in [0.25, 0.3) is 0 Å². The molecule has 13 atom stereocenters. The number of halogens is 1. The normalized spacial score (nSPS) is 21.8. The number of imidazole rings is 2. The van der Waals surface area contributed by atoms with Gasteiger partial charge in [0, 0.05) is 111 Å². The second-order valence-corrected chi connectivity index (χ2v) is 33.9. The molecule has 0 aliphatic carbocycles. The standard InChI is InChI=1S/C76H107ClN10O15S2/c1-13-44(6)68(66(94)28-47(21-42(2)3)69(97)75(7,8)9)85-73(101)51(27-53-36-79-41-81-53)31-64(92)58-38-103-104-39-59(84-72(100)50(26-52-35-78-40-80-52)30-63(91)57(86-76(10,11)12)25-45-17-15-14-16-18-45)74(102)87-37-54(88)33-60(87)65(93)32-49(23-46-19-20-61(89)55(77)24-46)71(99)82-56(34-67(95)96)62(90)29-48(22-43(4)5)70(98)83-58/h14-20,24,35-36,40-44,47-51,54,56-60,68,86,88-89H,13,21-23,25-34,37-39H2,1-12H3,(H,78,80)(H,79,81)(H,82,99)(H,83,98)(H,84,100)(H,85,101)(H,95,96)/t44?,47-,48-,49-,50+,51-,54-,56+,57+,58+,59+,60-,68+/m1/s1. The summed E-state index contributed by atoms with van der Waals surface area (Å²) in [6, 6.07) is 5.37. The molecule has 6 rings (SSSR count). The molecule has 570 valence electrons. The van der Waals surface area contributed by atoms with Crippen LogP contribution in [0.15, 0.2) is 73.6 Å². The third kappa shape index (κ3) is 26.8. The number of aromatic amines is 2. The van der Waals surface area contributed by atoms with E-state index in [-0.39, 0.29) is 103 Å². The van der Waals surface area contributed by atoms with E-state index in [0.29, 0.717) is 29.8 Å². The molecule has 1 unspecified atom stereocenters. The van der Waals surface area contributed by atoms with Crippen LogP contribution in [-0.4, -0.2) is 176 Å². The Balaban J connectivity index is 1.44. The number of phenolic OH excluding ortho intramolecular Hbond substituents is 1. The molecule has 0 radical (unpaired) electrons. The number of aromatic nitrogens is 4. The summed E-state index contributed by atoms with van der Waals surface area (Å²) in [5.74, 6) is -15.7. The molecular formula is C76H107ClN10O15S2. The highest BCUT2D eigenvalue weighted by Gasteiger charge is 2.45. The Morgan fingerprint density at radius 3 is 1.89 bits per heavy atom. The van der Waals surface area contributed by atoms with E-state index in [9.17, 15) is 44.1 Å². The highest BCUT2D eigenvalue weighted by molar-refractivity contribution is 8.76. The number of hydrogen-bond acceptors (Lipinski definition) is 19. The summed E-state index contributed by atoms with van der Waals surface area (Å²) in [4.78, 5) is 192. The van der Waals surface area contributed by atoms with E-state index in [1.165, 1.54) is 30.9 Å². The van der Waals surface area contributed by atoms with Gasteiger partial charge < -0.3 is 56.8 Å². The second-order valence-electron chi connectivity index (χ2n) is 31.0. The van der Waals surface area contributed by atoms with Crippen molar-refractivity contribution < 1.29 is 72.9 Å². The first-order valence-electron chi connectivity index (χ1n) is 36.0. The van der Waals surface area contributed by atoms with E-state index >= 15 is 28.8 Å². The molecule has 2 aromatic carbocycles. The molecular weight excluding hydrogens is 1390 g/mol. The Morgan fingerprint density at radius 2 is 1.33 bits per heavy atom. The first kappa shape index (κ1) is 85.3. The van der Waals surface area contributed by atoms with Crippen LogP contribution in [0.2, 0.25) is 5.02 Å². The molecule has 4 aromatic rings. The van der Waals surface area contributed by atoms with Crippen molar-refractivity contribution in [1.82, 2.24) is 51.4 Å². The van der Waals surface area contributed by atoms with Crippen LogP contribution in [-0.2, 0) is 83.2 Å². The van der Waals surface area contributed by atoms with Gasteiger partial charge in [0.2, 0.25) is 29.5 Å². The van der Waals surface area contributed by atoms with Crippen molar-refractivity contribution >= 4 is 103 Å². The van der Waals surface area contributed by atoms with Gasteiger partial charge in [0.1, 0.15) is 17.6 Å². The summed E-state index contributed by atoms with van der Waals surface area (Å²) in [7, 11) is 2.01. The number of carbonyl (C=O) groups excluding carboxylic acids is 11. The van der Waals surface area contributed by atoms with Crippen LogP contribution in [0.4, 0.5) is 0 Å². The van der Waals surface area contributed by atoms with Gasteiger partial charge in [-0.3, -0.25) is 57.5 Å². The van der Waals surface area contributed by atoms with Crippen molar-refractivity contribution in [3.8, 4) is 5.75 Å². The van der Waals surface area contributed by atoms with E-state index in [0.717, 1.165) is 32.1 Å². The zero-order valence-corrected chi connectivity index (χ0v) is 64.3. The molecule has 2 fully saturated rings. The number of nitrogens with one attached hydrogen (secondary N) is 7. The molecule has 4 heterocycles. The van der Waals surface area contributed by atoms with Gasteiger partial charge >= 0.3 is 5.97 Å². The number of hydrogen-bond donors (Lipinski definition) is 10. The number of aliphatic carboxylic acids is 1. The quantitative estimate of drug-likeness (QED) is 0.0214. The Morgan fingerprint density at radius 1 is 0.721 bits per heavy atom. The van der Waals surface area contributed by atoms with Crippen molar-refractivity contribution in [3.05, 3.63) is 101 Å². The average molecular weight is 1500 g/mol. The Labute approximate surface area is 622 Å². The molecule has 0 saturated carbocycles. The Bertz CT molecular complexity index is 3600. The molecule has 0 bridgehead atoms. The summed E-state index contributed by atoms with van der Waals surface area (Å²) in [5.41, 5.74) is 0.691. The number of phenols is 1. The molecule has 2 saturated heterocycles. The van der Waals surface area contributed by atoms with Gasteiger partial charge in [-0.2, -0.15) is 0 Å². The number of ketones is 6. The Hall–Kier alpha value is -7.59. The average Bonchev–Trinajstić information content (AvgIpc) is 1.34. The highest BCUT2D eigenvalue weighted by Crippen LogP contribution is 2.33. The summed E-state index contributed by atoms with van der Waals surface area (Å²) in [5, 5.41) is 46.6. The lowest BCUT2D eigenvalue weighted by Crippen LogP contribution is -2.55. The monoisotopic (exact) mass is 1500 g/mol. The lowest BCUT2D eigenvalue weighted by Gasteiger charge is -2.31. The van der Waals surface area contributed by atoms with E-state index in [2.05, 4.69) is 46.5 Å². The number of Topliss-reactive ketones (excluding diaryl/α,β-unsaturated/α-hetero) is 6. The van der Waals surface area contributed by atoms with Crippen molar-refractivity contribution in [2.75, 3.05) is 18.1 Å².